The second-order valence-electron chi connectivity index (χ2n) is 5.34. The number of sulfonamides is 1. The zero-order valence-corrected chi connectivity index (χ0v) is 15.1. The van der Waals surface area contributed by atoms with Crippen molar-refractivity contribution >= 4 is 10.0 Å². The van der Waals surface area contributed by atoms with Crippen molar-refractivity contribution in [2.24, 2.45) is 0 Å². The van der Waals surface area contributed by atoms with Gasteiger partial charge in [-0.1, -0.05) is 13.8 Å². The van der Waals surface area contributed by atoms with Crippen LogP contribution in [-0.2, 0) is 14.8 Å². The monoisotopic (exact) mass is 358 g/mol. The second kappa shape index (κ2) is 9.22. The van der Waals surface area contributed by atoms with Crippen LogP contribution in [0.3, 0.4) is 0 Å². The Morgan fingerprint density at radius 1 is 1.12 bits per heavy atom. The Bertz CT molecular complexity index is 617. The molecule has 7 nitrogen and oxygen atoms in total. The van der Waals surface area contributed by atoms with Crippen LogP contribution in [-0.4, -0.2) is 65.9 Å². The van der Waals surface area contributed by atoms with Crippen molar-refractivity contribution in [2.45, 2.75) is 18.7 Å². The van der Waals surface area contributed by atoms with Crippen LogP contribution < -0.4 is 14.2 Å². The van der Waals surface area contributed by atoms with Gasteiger partial charge in [0.05, 0.1) is 18.1 Å². The number of ether oxygens (including phenoxy) is 3. The van der Waals surface area contributed by atoms with Crippen LogP contribution >= 0.6 is 0 Å². The van der Waals surface area contributed by atoms with E-state index in [9.17, 15) is 8.42 Å². The van der Waals surface area contributed by atoms with Crippen molar-refractivity contribution in [1.82, 2.24) is 9.62 Å². The zero-order valence-electron chi connectivity index (χ0n) is 14.3. The number of fused-ring (bicyclic) bond motifs is 1. The number of hydrogen-bond acceptors (Lipinski definition) is 6. The smallest absolute Gasteiger partial charge is 0.240 e. The molecule has 1 heterocycles. The molecule has 136 valence electrons. The highest BCUT2D eigenvalue weighted by Crippen LogP contribution is 2.32. The van der Waals surface area contributed by atoms with Gasteiger partial charge in [-0.05, 0) is 25.2 Å². The van der Waals surface area contributed by atoms with Gasteiger partial charge in [0.25, 0.3) is 0 Å². The fraction of sp³-hybridized carbons (Fsp3) is 0.625. The van der Waals surface area contributed by atoms with E-state index < -0.39 is 10.0 Å². The molecule has 0 radical (unpaired) electrons. The molecule has 0 unspecified atom stereocenters. The predicted molar refractivity (Wildman–Crippen MR) is 91.2 cm³/mol. The highest BCUT2D eigenvalue weighted by Gasteiger charge is 2.18. The maximum Gasteiger partial charge on any atom is 0.240 e. The van der Waals surface area contributed by atoms with Crippen LogP contribution in [0.4, 0.5) is 0 Å². The van der Waals surface area contributed by atoms with Gasteiger partial charge in [-0.2, -0.15) is 0 Å². The summed E-state index contributed by atoms with van der Waals surface area (Å²) in [6.45, 7) is 9.07. The molecule has 0 bridgehead atoms. The minimum atomic E-state index is -3.58. The quantitative estimate of drug-likeness (QED) is 0.631. The van der Waals surface area contributed by atoms with Gasteiger partial charge in [0.2, 0.25) is 10.0 Å². The minimum Gasteiger partial charge on any atom is -0.486 e. The topological polar surface area (TPSA) is 77.1 Å². The summed E-state index contributed by atoms with van der Waals surface area (Å²) in [5.41, 5.74) is 0. The molecular formula is C16H26N2O5S. The van der Waals surface area contributed by atoms with E-state index >= 15 is 0 Å². The average Bonchev–Trinajstić information content (AvgIpc) is 2.60. The molecule has 1 N–H and O–H groups in total. The van der Waals surface area contributed by atoms with Gasteiger partial charge in [0.15, 0.2) is 11.5 Å². The van der Waals surface area contributed by atoms with Crippen molar-refractivity contribution in [1.29, 1.82) is 0 Å². The van der Waals surface area contributed by atoms with E-state index in [-0.39, 0.29) is 11.4 Å². The third kappa shape index (κ3) is 5.34. The van der Waals surface area contributed by atoms with Crippen molar-refractivity contribution in [2.75, 3.05) is 52.6 Å². The molecular weight excluding hydrogens is 332 g/mol. The molecule has 0 saturated heterocycles. The Morgan fingerprint density at radius 3 is 2.54 bits per heavy atom. The third-order valence-corrected chi connectivity index (χ3v) is 5.27. The van der Waals surface area contributed by atoms with Gasteiger partial charge in [-0.15, -0.1) is 0 Å². The first kappa shape index (κ1) is 19.0. The lowest BCUT2D eigenvalue weighted by Crippen LogP contribution is -2.30. The van der Waals surface area contributed by atoms with Crippen LogP contribution in [0.2, 0.25) is 0 Å². The Morgan fingerprint density at radius 2 is 1.83 bits per heavy atom. The number of hydrogen-bond donors (Lipinski definition) is 1. The highest BCUT2D eigenvalue weighted by molar-refractivity contribution is 7.89. The van der Waals surface area contributed by atoms with Crippen molar-refractivity contribution in [3.05, 3.63) is 18.2 Å². The van der Waals surface area contributed by atoms with E-state index in [1.54, 1.807) is 6.07 Å². The molecule has 0 saturated carbocycles. The second-order valence-corrected chi connectivity index (χ2v) is 7.11. The van der Waals surface area contributed by atoms with Crippen LogP contribution in [0, 0.1) is 0 Å². The number of rotatable bonds is 10. The number of nitrogens with zero attached hydrogens (tertiary/aromatic N) is 1. The lowest BCUT2D eigenvalue weighted by atomic mass is 10.3. The minimum absolute atomic E-state index is 0.162. The molecule has 2 rings (SSSR count). The first-order valence-corrected chi connectivity index (χ1v) is 9.74. The van der Waals surface area contributed by atoms with Crippen molar-refractivity contribution in [3.63, 3.8) is 0 Å². The molecule has 0 aromatic heterocycles. The molecule has 1 aromatic rings. The molecule has 0 amide bonds. The summed E-state index contributed by atoms with van der Waals surface area (Å²) in [7, 11) is -3.58. The van der Waals surface area contributed by atoms with Gasteiger partial charge < -0.3 is 19.1 Å². The maximum atomic E-state index is 12.3. The normalized spacial score (nSPS) is 14.1. The molecule has 1 aromatic carbocycles. The summed E-state index contributed by atoms with van der Waals surface area (Å²) < 4.78 is 43.4. The summed E-state index contributed by atoms with van der Waals surface area (Å²) in [5.74, 6) is 1.03. The highest BCUT2D eigenvalue weighted by atomic mass is 32.2. The van der Waals surface area contributed by atoms with Gasteiger partial charge in [0, 0.05) is 19.2 Å². The summed E-state index contributed by atoms with van der Waals surface area (Å²) in [4.78, 5) is 2.41. The lowest BCUT2D eigenvalue weighted by Gasteiger charge is -2.19. The van der Waals surface area contributed by atoms with E-state index in [0.29, 0.717) is 37.9 Å². The molecule has 0 aliphatic carbocycles. The fourth-order valence-electron chi connectivity index (χ4n) is 2.36. The van der Waals surface area contributed by atoms with Crippen LogP contribution in [0.15, 0.2) is 23.1 Å². The molecule has 0 atom stereocenters. The Labute approximate surface area is 143 Å². The SMILES string of the molecule is CCN(CC)CCOCCNS(=O)(=O)c1ccc2c(c1)OCCO2. The van der Waals surface area contributed by atoms with E-state index in [1.165, 1.54) is 12.1 Å². The Kier molecular flexibility index (Phi) is 7.29. The molecule has 8 heteroatoms. The fourth-order valence-corrected chi connectivity index (χ4v) is 3.39. The number of likely N-dealkylation sites (N-methyl/N-ethyl adjacent to an activating group) is 1. The average molecular weight is 358 g/mol. The maximum absolute atomic E-state index is 12.3. The largest absolute Gasteiger partial charge is 0.486 e. The van der Waals surface area contributed by atoms with Gasteiger partial charge in [-0.3, -0.25) is 0 Å². The molecule has 0 fully saturated rings. The summed E-state index contributed by atoms with van der Waals surface area (Å²) >= 11 is 0. The van der Waals surface area contributed by atoms with Crippen molar-refractivity contribution in [3.8, 4) is 11.5 Å². The van der Waals surface area contributed by atoms with Gasteiger partial charge in [0.1, 0.15) is 13.2 Å². The number of benzene rings is 1. The molecule has 1 aliphatic rings. The predicted octanol–water partition coefficient (Wildman–Crippen LogP) is 1.09. The first-order valence-electron chi connectivity index (χ1n) is 8.26. The van der Waals surface area contributed by atoms with Crippen LogP contribution in [0.25, 0.3) is 0 Å². The standard InChI is InChI=1S/C16H26N2O5S/c1-3-18(4-2)8-10-21-9-7-17-24(19,20)14-5-6-15-16(13-14)23-12-11-22-15/h5-6,13,17H,3-4,7-12H2,1-2H3. The summed E-state index contributed by atoms with van der Waals surface area (Å²) in [5, 5.41) is 0. The van der Waals surface area contributed by atoms with E-state index in [0.717, 1.165) is 19.6 Å². The van der Waals surface area contributed by atoms with E-state index in [1.807, 2.05) is 0 Å². The number of nitrogens with one attached hydrogen (secondary N) is 1. The molecule has 0 spiro atoms. The Balaban J connectivity index is 1.77. The molecule has 24 heavy (non-hydrogen) atoms. The van der Waals surface area contributed by atoms with Gasteiger partial charge >= 0.3 is 0 Å². The Hall–Kier alpha value is -1.35. The first-order chi connectivity index (χ1) is 11.6. The molecule has 1 aliphatic heterocycles. The zero-order chi connectivity index (χ0) is 17.4. The summed E-state index contributed by atoms with van der Waals surface area (Å²) in [6, 6.07) is 4.61. The summed E-state index contributed by atoms with van der Waals surface area (Å²) in [6.07, 6.45) is 0. The van der Waals surface area contributed by atoms with Crippen molar-refractivity contribution < 1.29 is 22.6 Å². The third-order valence-electron chi connectivity index (χ3n) is 3.81. The van der Waals surface area contributed by atoms with Crippen LogP contribution in [0.5, 0.6) is 11.5 Å². The van der Waals surface area contributed by atoms with Crippen LogP contribution in [0.1, 0.15) is 13.8 Å². The lowest BCUT2D eigenvalue weighted by molar-refractivity contribution is 0.111. The van der Waals surface area contributed by atoms with E-state index in [2.05, 4.69) is 23.5 Å². The van der Waals surface area contributed by atoms with E-state index in [4.69, 9.17) is 14.2 Å². The van der Waals surface area contributed by atoms with Gasteiger partial charge in [-0.25, -0.2) is 13.1 Å².